The second kappa shape index (κ2) is 10.2. The third-order valence-corrected chi connectivity index (χ3v) is 6.75. The van der Waals surface area contributed by atoms with E-state index in [0.29, 0.717) is 38.0 Å². The average molecular weight is 482 g/mol. The second-order valence-corrected chi connectivity index (χ2v) is 9.70. The first kappa shape index (κ1) is 24.9. The van der Waals surface area contributed by atoms with Crippen LogP contribution in [0.4, 0.5) is 4.39 Å². The highest BCUT2D eigenvalue weighted by Gasteiger charge is 2.54. The summed E-state index contributed by atoms with van der Waals surface area (Å²) < 4.78 is 19.8. The predicted molar refractivity (Wildman–Crippen MR) is 129 cm³/mol. The van der Waals surface area contributed by atoms with Crippen LogP contribution in [-0.2, 0) is 9.53 Å². The lowest BCUT2D eigenvalue weighted by Crippen LogP contribution is -2.60. The molecule has 2 saturated heterocycles. The molecule has 0 aromatic heterocycles. The Hall–Kier alpha value is -3.26. The van der Waals surface area contributed by atoms with Gasteiger partial charge in [0.2, 0.25) is 5.91 Å². The zero-order valence-electron chi connectivity index (χ0n) is 20.4. The molecule has 2 aromatic rings. The SMILES string of the molecule is Cc1ccccc1C(=O)N1C(C(=O)NCC(C)C)COC12CCN(C(=O)c1cccc(F)c1)CC2. The molecular weight excluding hydrogens is 449 g/mol. The summed E-state index contributed by atoms with van der Waals surface area (Å²) in [5.41, 5.74) is 0.641. The first-order valence-electron chi connectivity index (χ1n) is 12.1. The summed E-state index contributed by atoms with van der Waals surface area (Å²) in [5.74, 6) is -0.951. The molecule has 0 radical (unpaired) electrons. The third kappa shape index (κ3) is 5.07. The van der Waals surface area contributed by atoms with Crippen LogP contribution in [0.25, 0.3) is 0 Å². The number of rotatable bonds is 5. The number of likely N-dealkylation sites (tertiary alicyclic amines) is 1. The van der Waals surface area contributed by atoms with Crippen LogP contribution in [0.15, 0.2) is 48.5 Å². The van der Waals surface area contributed by atoms with Gasteiger partial charge in [0.25, 0.3) is 11.8 Å². The van der Waals surface area contributed by atoms with E-state index in [1.54, 1.807) is 28.0 Å². The van der Waals surface area contributed by atoms with Gasteiger partial charge in [0, 0.05) is 43.6 Å². The lowest BCUT2D eigenvalue weighted by atomic mass is 9.95. The van der Waals surface area contributed by atoms with Gasteiger partial charge in [-0.15, -0.1) is 0 Å². The Kier molecular flexibility index (Phi) is 7.21. The summed E-state index contributed by atoms with van der Waals surface area (Å²) in [4.78, 5) is 43.1. The fraction of sp³-hybridized carbons (Fsp3) is 0.444. The van der Waals surface area contributed by atoms with E-state index in [1.807, 2.05) is 32.9 Å². The van der Waals surface area contributed by atoms with Gasteiger partial charge < -0.3 is 15.0 Å². The minimum absolute atomic E-state index is 0.0966. The fourth-order valence-corrected chi connectivity index (χ4v) is 4.80. The van der Waals surface area contributed by atoms with E-state index in [4.69, 9.17) is 4.74 Å². The lowest BCUT2D eigenvalue weighted by Gasteiger charge is -2.44. The molecular formula is C27H32FN3O4. The van der Waals surface area contributed by atoms with Crippen molar-refractivity contribution in [2.75, 3.05) is 26.2 Å². The highest BCUT2D eigenvalue weighted by Crippen LogP contribution is 2.39. The van der Waals surface area contributed by atoms with Gasteiger partial charge in [0.15, 0.2) is 0 Å². The number of hydrogen-bond donors (Lipinski definition) is 1. The molecule has 35 heavy (non-hydrogen) atoms. The van der Waals surface area contributed by atoms with Gasteiger partial charge in [-0.25, -0.2) is 4.39 Å². The zero-order valence-corrected chi connectivity index (χ0v) is 20.4. The largest absolute Gasteiger partial charge is 0.354 e. The maximum atomic E-state index is 13.8. The lowest BCUT2D eigenvalue weighted by molar-refractivity contribution is -0.128. The van der Waals surface area contributed by atoms with Crippen molar-refractivity contribution >= 4 is 17.7 Å². The van der Waals surface area contributed by atoms with Gasteiger partial charge in [0.05, 0.1) is 6.61 Å². The first-order chi connectivity index (χ1) is 16.7. The molecule has 3 amide bonds. The molecule has 1 atom stereocenters. The van der Waals surface area contributed by atoms with Crippen molar-refractivity contribution in [3.63, 3.8) is 0 Å². The summed E-state index contributed by atoms with van der Waals surface area (Å²) in [7, 11) is 0. The van der Waals surface area contributed by atoms with E-state index < -0.39 is 17.6 Å². The Bertz CT molecular complexity index is 1110. The van der Waals surface area contributed by atoms with Crippen molar-refractivity contribution in [3.8, 4) is 0 Å². The van der Waals surface area contributed by atoms with E-state index in [1.165, 1.54) is 18.2 Å². The van der Waals surface area contributed by atoms with Crippen LogP contribution in [0.3, 0.4) is 0 Å². The molecule has 2 aromatic carbocycles. The molecule has 1 unspecified atom stereocenters. The molecule has 0 saturated carbocycles. The molecule has 2 aliphatic heterocycles. The summed E-state index contributed by atoms with van der Waals surface area (Å²) in [5, 5.41) is 2.94. The Morgan fingerprint density at radius 3 is 2.46 bits per heavy atom. The fourth-order valence-electron chi connectivity index (χ4n) is 4.80. The molecule has 2 heterocycles. The molecule has 2 aliphatic rings. The number of halogens is 1. The van der Waals surface area contributed by atoms with Crippen LogP contribution in [0.5, 0.6) is 0 Å². The van der Waals surface area contributed by atoms with Crippen LogP contribution >= 0.6 is 0 Å². The number of piperidine rings is 1. The van der Waals surface area contributed by atoms with Crippen LogP contribution in [-0.4, -0.2) is 65.5 Å². The van der Waals surface area contributed by atoms with Crippen LogP contribution in [0.1, 0.15) is 53.0 Å². The summed E-state index contributed by atoms with van der Waals surface area (Å²) in [6, 6.07) is 12.2. The van der Waals surface area contributed by atoms with Crippen molar-refractivity contribution in [2.24, 2.45) is 5.92 Å². The minimum Gasteiger partial charge on any atom is -0.354 e. The van der Waals surface area contributed by atoms with Crippen LogP contribution in [0, 0.1) is 18.7 Å². The van der Waals surface area contributed by atoms with E-state index in [0.717, 1.165) is 5.56 Å². The predicted octanol–water partition coefficient (Wildman–Crippen LogP) is 3.38. The van der Waals surface area contributed by atoms with E-state index in [9.17, 15) is 18.8 Å². The van der Waals surface area contributed by atoms with Gasteiger partial charge in [-0.2, -0.15) is 0 Å². The Balaban J connectivity index is 1.58. The number of carbonyl (C=O) groups excluding carboxylic acids is 3. The topological polar surface area (TPSA) is 79.0 Å². The monoisotopic (exact) mass is 481 g/mol. The third-order valence-electron chi connectivity index (χ3n) is 6.75. The maximum Gasteiger partial charge on any atom is 0.257 e. The van der Waals surface area contributed by atoms with Gasteiger partial charge in [-0.3, -0.25) is 19.3 Å². The second-order valence-electron chi connectivity index (χ2n) is 9.70. The first-order valence-corrected chi connectivity index (χ1v) is 12.1. The van der Waals surface area contributed by atoms with Gasteiger partial charge >= 0.3 is 0 Å². The van der Waals surface area contributed by atoms with Crippen molar-refractivity contribution in [1.82, 2.24) is 15.1 Å². The van der Waals surface area contributed by atoms with Gasteiger partial charge in [-0.1, -0.05) is 38.1 Å². The number of hydrogen-bond acceptors (Lipinski definition) is 4. The van der Waals surface area contributed by atoms with E-state index in [2.05, 4.69) is 5.32 Å². The maximum absolute atomic E-state index is 13.8. The van der Waals surface area contributed by atoms with Crippen LogP contribution in [0.2, 0.25) is 0 Å². The highest BCUT2D eigenvalue weighted by molar-refractivity contribution is 5.99. The van der Waals surface area contributed by atoms with Gasteiger partial charge in [0.1, 0.15) is 17.6 Å². The number of nitrogens with zero attached hydrogens (tertiary/aromatic N) is 2. The normalized spacial score (nSPS) is 19.3. The number of nitrogens with one attached hydrogen (secondary N) is 1. The Morgan fingerprint density at radius 2 is 1.80 bits per heavy atom. The number of ether oxygens (including phenoxy) is 1. The number of amides is 3. The standard InChI is InChI=1S/C27H32FN3O4/c1-18(2)16-29-24(32)23-17-35-27(31(23)26(34)22-10-5-4-7-19(22)3)11-13-30(14-12-27)25(33)20-8-6-9-21(28)15-20/h4-10,15,18,23H,11-14,16-17H2,1-3H3,(H,29,32). The molecule has 186 valence electrons. The molecule has 8 heteroatoms. The van der Waals surface area contributed by atoms with Crippen molar-refractivity contribution in [1.29, 1.82) is 0 Å². The number of aryl methyl sites for hydroxylation is 1. The summed E-state index contributed by atoms with van der Waals surface area (Å²) >= 11 is 0. The Morgan fingerprint density at radius 1 is 1.09 bits per heavy atom. The summed E-state index contributed by atoms with van der Waals surface area (Å²) in [6.45, 7) is 7.14. The van der Waals surface area contributed by atoms with Crippen molar-refractivity contribution in [2.45, 2.75) is 45.4 Å². The smallest absolute Gasteiger partial charge is 0.257 e. The molecule has 0 aliphatic carbocycles. The number of carbonyl (C=O) groups is 3. The average Bonchev–Trinajstić information content (AvgIpc) is 3.21. The zero-order chi connectivity index (χ0) is 25.2. The molecule has 2 fully saturated rings. The van der Waals surface area contributed by atoms with Crippen LogP contribution < -0.4 is 5.32 Å². The van der Waals surface area contributed by atoms with E-state index >= 15 is 0 Å². The molecule has 7 nitrogen and oxygen atoms in total. The van der Waals surface area contributed by atoms with Crippen molar-refractivity contribution < 1.29 is 23.5 Å². The molecule has 1 N–H and O–H groups in total. The number of benzene rings is 2. The van der Waals surface area contributed by atoms with Crippen molar-refractivity contribution in [3.05, 3.63) is 71.0 Å². The molecule has 0 bridgehead atoms. The molecule has 4 rings (SSSR count). The highest BCUT2D eigenvalue weighted by atomic mass is 19.1. The molecule has 1 spiro atoms. The quantitative estimate of drug-likeness (QED) is 0.710. The summed E-state index contributed by atoms with van der Waals surface area (Å²) in [6.07, 6.45) is 0.722. The Labute approximate surface area is 205 Å². The van der Waals surface area contributed by atoms with E-state index in [-0.39, 0.29) is 35.8 Å². The van der Waals surface area contributed by atoms with Gasteiger partial charge in [-0.05, 0) is 42.7 Å². The minimum atomic E-state index is -0.988.